The Morgan fingerprint density at radius 1 is 1.11 bits per heavy atom. The van der Waals surface area contributed by atoms with Gasteiger partial charge in [0.05, 0.1) is 12.2 Å². The van der Waals surface area contributed by atoms with Crippen molar-refractivity contribution in [3.05, 3.63) is 71.8 Å². The van der Waals surface area contributed by atoms with Crippen LogP contribution in [0.25, 0.3) is 5.70 Å². The highest BCUT2D eigenvalue weighted by Gasteiger charge is 2.43. The number of benzene rings is 2. The summed E-state index contributed by atoms with van der Waals surface area (Å²) in [4.78, 5) is 20.4. The third-order valence-electron chi connectivity index (χ3n) is 5.41. The molecule has 2 heterocycles. The van der Waals surface area contributed by atoms with E-state index < -0.39 is 5.60 Å². The zero-order valence-corrected chi connectivity index (χ0v) is 16.7. The predicted octanol–water partition coefficient (Wildman–Crippen LogP) is 4.54. The van der Waals surface area contributed by atoms with Crippen molar-refractivity contribution in [1.82, 2.24) is 10.4 Å². The number of rotatable bonds is 2. The Labute approximate surface area is 166 Å². The molecule has 2 aromatic rings. The van der Waals surface area contributed by atoms with Crippen molar-refractivity contribution in [2.24, 2.45) is 0 Å². The molecule has 0 aliphatic carbocycles. The van der Waals surface area contributed by atoms with Crippen molar-refractivity contribution in [1.29, 1.82) is 0 Å². The number of amides is 2. The first kappa shape index (κ1) is 18.6. The normalized spacial score (nSPS) is 21.5. The SMILES string of the molecule is CC(C)(C)c1ccc(NC(=O)N2CCC3(C=C(c4ccccc4)NO3)C2)cc1. The molecule has 146 valence electrons. The van der Waals surface area contributed by atoms with E-state index >= 15 is 0 Å². The molecule has 1 fully saturated rings. The van der Waals surface area contributed by atoms with Crippen LogP contribution in [0.4, 0.5) is 10.5 Å². The summed E-state index contributed by atoms with van der Waals surface area (Å²) in [6.45, 7) is 7.72. The van der Waals surface area contributed by atoms with Crippen molar-refractivity contribution in [2.75, 3.05) is 18.4 Å². The third-order valence-corrected chi connectivity index (χ3v) is 5.41. The molecule has 0 saturated carbocycles. The molecule has 2 N–H and O–H groups in total. The first-order valence-electron chi connectivity index (χ1n) is 9.73. The van der Waals surface area contributed by atoms with Crippen LogP contribution in [0.15, 0.2) is 60.7 Å². The van der Waals surface area contributed by atoms with E-state index in [2.05, 4.69) is 49.8 Å². The molecule has 1 atom stereocenters. The number of likely N-dealkylation sites (tertiary alicyclic amines) is 1. The zero-order chi connectivity index (χ0) is 19.8. The van der Waals surface area contributed by atoms with E-state index in [1.165, 1.54) is 5.56 Å². The molecular weight excluding hydrogens is 350 g/mol. The van der Waals surface area contributed by atoms with Crippen LogP contribution in [-0.2, 0) is 10.3 Å². The maximum absolute atomic E-state index is 12.7. The highest BCUT2D eigenvalue weighted by Crippen LogP contribution is 2.34. The highest BCUT2D eigenvalue weighted by molar-refractivity contribution is 5.89. The standard InChI is InChI=1S/C23H27N3O2/c1-22(2,3)18-9-11-19(12-10-18)24-21(27)26-14-13-23(16-26)15-20(25-28-23)17-7-5-4-6-8-17/h4-12,15,25H,13-14,16H2,1-3H3,(H,24,27). The molecule has 2 aromatic carbocycles. The fourth-order valence-corrected chi connectivity index (χ4v) is 3.67. The number of hydroxylamine groups is 1. The predicted molar refractivity (Wildman–Crippen MR) is 112 cm³/mol. The van der Waals surface area contributed by atoms with Gasteiger partial charge in [-0.3, -0.25) is 10.3 Å². The molecule has 5 nitrogen and oxygen atoms in total. The van der Waals surface area contributed by atoms with Crippen LogP contribution in [-0.4, -0.2) is 29.6 Å². The number of carbonyl (C=O) groups is 1. The largest absolute Gasteiger partial charge is 0.321 e. The van der Waals surface area contributed by atoms with E-state index in [9.17, 15) is 4.79 Å². The highest BCUT2D eigenvalue weighted by atomic mass is 16.7. The first-order valence-corrected chi connectivity index (χ1v) is 9.73. The molecule has 1 unspecified atom stereocenters. The summed E-state index contributed by atoms with van der Waals surface area (Å²) in [5, 5.41) is 3.00. The lowest BCUT2D eigenvalue weighted by Crippen LogP contribution is -2.38. The van der Waals surface area contributed by atoms with Crippen molar-refractivity contribution < 1.29 is 9.63 Å². The molecule has 2 aliphatic heterocycles. The maximum atomic E-state index is 12.7. The number of nitrogens with zero attached hydrogens (tertiary/aromatic N) is 1. The number of nitrogens with one attached hydrogen (secondary N) is 2. The average Bonchev–Trinajstić information content (AvgIpc) is 3.30. The van der Waals surface area contributed by atoms with Gasteiger partial charge in [0.25, 0.3) is 0 Å². The Kier molecular flexibility index (Phi) is 4.63. The number of carbonyl (C=O) groups excluding carboxylic acids is 1. The van der Waals surface area contributed by atoms with Gasteiger partial charge >= 0.3 is 6.03 Å². The Morgan fingerprint density at radius 2 is 1.82 bits per heavy atom. The number of hydrogen-bond acceptors (Lipinski definition) is 3. The molecule has 1 spiro atoms. The van der Waals surface area contributed by atoms with Crippen molar-refractivity contribution >= 4 is 17.4 Å². The molecule has 28 heavy (non-hydrogen) atoms. The van der Waals surface area contributed by atoms with Gasteiger partial charge in [-0.25, -0.2) is 4.79 Å². The third kappa shape index (κ3) is 3.76. The van der Waals surface area contributed by atoms with Gasteiger partial charge in [-0.1, -0.05) is 63.2 Å². The number of anilines is 1. The summed E-state index contributed by atoms with van der Waals surface area (Å²) in [6.07, 6.45) is 2.88. The lowest BCUT2D eigenvalue weighted by Gasteiger charge is -2.22. The first-order chi connectivity index (χ1) is 13.3. The fourth-order valence-electron chi connectivity index (χ4n) is 3.67. The molecule has 2 amide bonds. The van der Waals surface area contributed by atoms with Crippen molar-refractivity contribution in [3.63, 3.8) is 0 Å². The van der Waals surface area contributed by atoms with E-state index in [-0.39, 0.29) is 11.4 Å². The smallest absolute Gasteiger partial charge is 0.321 e. The van der Waals surface area contributed by atoms with Gasteiger partial charge in [-0.05, 0) is 34.8 Å². The van der Waals surface area contributed by atoms with E-state index in [4.69, 9.17) is 4.84 Å². The van der Waals surface area contributed by atoms with E-state index in [1.54, 1.807) is 0 Å². The minimum Gasteiger partial charge on any atom is -0.321 e. The van der Waals surface area contributed by atoms with Crippen LogP contribution < -0.4 is 10.8 Å². The summed E-state index contributed by atoms with van der Waals surface area (Å²) in [5.41, 5.74) is 6.77. The number of urea groups is 1. The molecular formula is C23H27N3O2. The molecule has 1 saturated heterocycles. The number of hydrogen-bond donors (Lipinski definition) is 2. The van der Waals surface area contributed by atoms with Gasteiger partial charge in [0.2, 0.25) is 0 Å². The molecule has 5 heteroatoms. The van der Waals surface area contributed by atoms with E-state index in [0.29, 0.717) is 13.1 Å². The van der Waals surface area contributed by atoms with Gasteiger partial charge in [0.15, 0.2) is 0 Å². The average molecular weight is 377 g/mol. The monoisotopic (exact) mass is 377 g/mol. The quantitative estimate of drug-likeness (QED) is 0.808. The lowest BCUT2D eigenvalue weighted by molar-refractivity contribution is -0.0243. The van der Waals surface area contributed by atoms with Gasteiger partial charge in [-0.15, -0.1) is 0 Å². The van der Waals surface area contributed by atoms with Crippen molar-refractivity contribution in [2.45, 2.75) is 38.2 Å². The minimum absolute atomic E-state index is 0.0921. The van der Waals surface area contributed by atoms with Crippen LogP contribution >= 0.6 is 0 Å². The van der Waals surface area contributed by atoms with Gasteiger partial charge in [0, 0.05) is 18.7 Å². The molecule has 0 aromatic heterocycles. The topological polar surface area (TPSA) is 53.6 Å². The zero-order valence-electron chi connectivity index (χ0n) is 16.7. The maximum Gasteiger partial charge on any atom is 0.321 e. The fraction of sp³-hybridized carbons (Fsp3) is 0.348. The second-order valence-electron chi connectivity index (χ2n) is 8.62. The van der Waals surface area contributed by atoms with Gasteiger partial charge in [0.1, 0.15) is 5.60 Å². The van der Waals surface area contributed by atoms with Gasteiger partial charge < -0.3 is 10.2 Å². The van der Waals surface area contributed by atoms with E-state index in [1.807, 2.05) is 47.4 Å². The van der Waals surface area contributed by atoms with E-state index in [0.717, 1.165) is 23.4 Å². The molecule has 0 bridgehead atoms. The summed E-state index contributed by atoms with van der Waals surface area (Å²) in [7, 11) is 0. The van der Waals surface area contributed by atoms with Crippen molar-refractivity contribution in [3.8, 4) is 0 Å². The Morgan fingerprint density at radius 3 is 2.50 bits per heavy atom. The minimum atomic E-state index is -0.460. The summed E-state index contributed by atoms with van der Waals surface area (Å²) < 4.78 is 0. The summed E-state index contributed by atoms with van der Waals surface area (Å²) in [5.74, 6) is 0. The van der Waals surface area contributed by atoms with Crippen LogP contribution in [0.1, 0.15) is 38.3 Å². The summed E-state index contributed by atoms with van der Waals surface area (Å²) >= 11 is 0. The van der Waals surface area contributed by atoms with Crippen LogP contribution in [0.5, 0.6) is 0 Å². The summed E-state index contributed by atoms with van der Waals surface area (Å²) in [6, 6.07) is 18.1. The molecule has 0 radical (unpaired) electrons. The Hall–Kier alpha value is -2.79. The lowest BCUT2D eigenvalue weighted by atomic mass is 9.87. The second kappa shape index (κ2) is 6.99. The molecule has 4 rings (SSSR count). The Bertz CT molecular complexity index is 884. The van der Waals surface area contributed by atoms with Gasteiger partial charge in [-0.2, -0.15) is 0 Å². The van der Waals surface area contributed by atoms with Crippen LogP contribution in [0.2, 0.25) is 0 Å². The van der Waals surface area contributed by atoms with Crippen LogP contribution in [0.3, 0.4) is 0 Å². The van der Waals surface area contributed by atoms with Crippen LogP contribution in [0, 0.1) is 0 Å². The second-order valence-corrected chi connectivity index (χ2v) is 8.62. The Balaban J connectivity index is 1.40. The molecule has 2 aliphatic rings.